The quantitative estimate of drug-likeness (QED) is 0.682. The number of rotatable bonds is 9. The molecule has 0 unspecified atom stereocenters. The van der Waals surface area contributed by atoms with Gasteiger partial charge in [0.2, 0.25) is 0 Å². The van der Waals surface area contributed by atoms with Gasteiger partial charge in [0.25, 0.3) is 0 Å². The lowest BCUT2D eigenvalue weighted by atomic mass is 10.0. The molecule has 1 aromatic rings. The highest BCUT2D eigenvalue weighted by atomic mass is 16.5. The van der Waals surface area contributed by atoms with Crippen LogP contribution in [0.4, 0.5) is 0 Å². The highest BCUT2D eigenvalue weighted by Crippen LogP contribution is 2.11. The van der Waals surface area contributed by atoms with E-state index < -0.39 is 18.0 Å². The van der Waals surface area contributed by atoms with Gasteiger partial charge in [-0.3, -0.25) is 9.59 Å². The fourth-order valence-electron chi connectivity index (χ4n) is 2.17. The van der Waals surface area contributed by atoms with Gasteiger partial charge >= 0.3 is 11.9 Å². The molecule has 0 aliphatic heterocycles. The molecule has 0 saturated carbocycles. The highest BCUT2D eigenvalue weighted by molar-refractivity contribution is 5.71. The number of aliphatic carboxylic acids is 1. The molecule has 122 valence electrons. The number of hydrogen-bond donors (Lipinski definition) is 2. The van der Waals surface area contributed by atoms with Gasteiger partial charge in [0.15, 0.2) is 0 Å². The first-order chi connectivity index (χ1) is 10.4. The third kappa shape index (κ3) is 7.22. The summed E-state index contributed by atoms with van der Waals surface area (Å²) in [5.74, 6) is -0.824. The molecule has 1 atom stereocenters. The van der Waals surface area contributed by atoms with Crippen LogP contribution in [0.3, 0.4) is 0 Å². The number of carbonyl (C=O) groups is 2. The molecule has 0 aromatic heterocycles. The van der Waals surface area contributed by atoms with Gasteiger partial charge in [-0.15, -0.1) is 0 Å². The zero-order chi connectivity index (χ0) is 16.5. The van der Waals surface area contributed by atoms with Gasteiger partial charge in [-0.1, -0.05) is 38.1 Å². The Balaban J connectivity index is 2.41. The Hall–Kier alpha value is -1.88. The van der Waals surface area contributed by atoms with Gasteiger partial charge in [0, 0.05) is 13.0 Å². The van der Waals surface area contributed by atoms with Crippen LogP contribution in [0.1, 0.15) is 37.8 Å². The molecule has 0 bridgehead atoms. The molecule has 1 rings (SSSR count). The monoisotopic (exact) mass is 307 g/mol. The number of carbonyl (C=O) groups excluding carboxylic acids is 1. The van der Waals surface area contributed by atoms with E-state index in [0.717, 1.165) is 12.0 Å². The Morgan fingerprint density at radius 1 is 1.18 bits per heavy atom. The normalized spacial score (nSPS) is 12.2. The van der Waals surface area contributed by atoms with Crippen LogP contribution in [0.25, 0.3) is 0 Å². The topological polar surface area (TPSA) is 89.6 Å². The minimum absolute atomic E-state index is 0.0158. The molecule has 5 nitrogen and oxygen atoms in total. The highest BCUT2D eigenvalue weighted by Gasteiger charge is 2.16. The number of benzene rings is 1. The van der Waals surface area contributed by atoms with Crippen molar-refractivity contribution in [2.45, 2.75) is 45.6 Å². The fraction of sp³-hybridized carbons (Fsp3) is 0.529. The predicted molar refractivity (Wildman–Crippen MR) is 84.5 cm³/mol. The van der Waals surface area contributed by atoms with Crippen LogP contribution in [-0.4, -0.2) is 29.7 Å². The molecule has 1 aromatic carbocycles. The number of hydrogen-bond acceptors (Lipinski definition) is 4. The molecule has 0 aliphatic rings. The van der Waals surface area contributed by atoms with Crippen LogP contribution in [0.15, 0.2) is 24.3 Å². The van der Waals surface area contributed by atoms with E-state index in [2.05, 4.69) is 26.0 Å². The van der Waals surface area contributed by atoms with Crippen LogP contribution < -0.4 is 5.73 Å². The number of ether oxygens (including phenoxy) is 1. The Morgan fingerprint density at radius 3 is 2.27 bits per heavy atom. The number of aryl methyl sites for hydroxylation is 1. The standard InChI is InChI=1S/C17H25NO4/c1-12(2)9-14-5-3-13(4-6-14)7-8-17(21)22-15(11-18)10-16(19)20/h3-6,12,15H,7-11,18H2,1-2H3,(H,19,20)/t15-/m1/s1. The summed E-state index contributed by atoms with van der Waals surface area (Å²) in [4.78, 5) is 22.3. The maximum atomic E-state index is 11.7. The van der Waals surface area contributed by atoms with Gasteiger partial charge in [-0.2, -0.15) is 0 Å². The average molecular weight is 307 g/mol. The van der Waals surface area contributed by atoms with Crippen molar-refractivity contribution in [1.29, 1.82) is 0 Å². The van der Waals surface area contributed by atoms with E-state index in [-0.39, 0.29) is 19.4 Å². The van der Waals surface area contributed by atoms with Crippen LogP contribution in [0.2, 0.25) is 0 Å². The third-order valence-electron chi connectivity index (χ3n) is 3.25. The van der Waals surface area contributed by atoms with E-state index in [4.69, 9.17) is 15.6 Å². The van der Waals surface area contributed by atoms with Crippen molar-refractivity contribution in [1.82, 2.24) is 0 Å². The van der Waals surface area contributed by atoms with Crippen molar-refractivity contribution in [2.24, 2.45) is 11.7 Å². The summed E-state index contributed by atoms with van der Waals surface area (Å²) < 4.78 is 5.06. The van der Waals surface area contributed by atoms with Crippen molar-refractivity contribution >= 4 is 11.9 Å². The molecule has 3 N–H and O–H groups in total. The maximum Gasteiger partial charge on any atom is 0.307 e. The molecule has 0 amide bonds. The summed E-state index contributed by atoms with van der Waals surface area (Å²) in [6.07, 6.45) is 0.825. The Bertz CT molecular complexity index is 482. The van der Waals surface area contributed by atoms with E-state index >= 15 is 0 Å². The van der Waals surface area contributed by atoms with Crippen molar-refractivity contribution in [3.8, 4) is 0 Å². The average Bonchev–Trinajstić information content (AvgIpc) is 2.44. The second kappa shape index (κ2) is 9.20. The van der Waals surface area contributed by atoms with Crippen molar-refractivity contribution in [3.63, 3.8) is 0 Å². The molecular weight excluding hydrogens is 282 g/mol. The molecular formula is C17H25NO4. The van der Waals surface area contributed by atoms with Crippen LogP contribution >= 0.6 is 0 Å². The van der Waals surface area contributed by atoms with Gasteiger partial charge in [0.1, 0.15) is 6.10 Å². The molecule has 0 aliphatic carbocycles. The summed E-state index contributed by atoms with van der Waals surface area (Å²) in [6.45, 7) is 4.37. The summed E-state index contributed by atoms with van der Waals surface area (Å²) in [7, 11) is 0. The number of carboxylic acid groups (broad SMARTS) is 1. The first-order valence-electron chi connectivity index (χ1n) is 7.59. The summed E-state index contributed by atoms with van der Waals surface area (Å²) in [5.41, 5.74) is 7.74. The summed E-state index contributed by atoms with van der Waals surface area (Å²) in [6, 6.07) is 8.19. The van der Waals surface area contributed by atoms with Crippen molar-refractivity contribution < 1.29 is 19.4 Å². The number of carboxylic acids is 1. The Morgan fingerprint density at radius 2 is 1.77 bits per heavy atom. The second-order valence-electron chi connectivity index (χ2n) is 5.86. The molecule has 0 radical (unpaired) electrons. The van der Waals surface area contributed by atoms with Gasteiger partial charge < -0.3 is 15.6 Å². The minimum atomic E-state index is -1.02. The van der Waals surface area contributed by atoms with E-state index in [1.165, 1.54) is 5.56 Å². The largest absolute Gasteiger partial charge is 0.481 e. The summed E-state index contributed by atoms with van der Waals surface area (Å²) in [5, 5.41) is 8.68. The van der Waals surface area contributed by atoms with Gasteiger partial charge in [-0.05, 0) is 29.9 Å². The number of nitrogens with two attached hydrogens (primary N) is 1. The molecule has 0 heterocycles. The lowest BCUT2D eigenvalue weighted by Gasteiger charge is -2.14. The van der Waals surface area contributed by atoms with Crippen LogP contribution in [0, 0.1) is 5.92 Å². The lowest BCUT2D eigenvalue weighted by molar-refractivity contribution is -0.152. The summed E-state index contributed by atoms with van der Waals surface area (Å²) >= 11 is 0. The Kier molecular flexibility index (Phi) is 7.60. The smallest absolute Gasteiger partial charge is 0.307 e. The van der Waals surface area contributed by atoms with E-state index in [0.29, 0.717) is 12.3 Å². The predicted octanol–water partition coefficient (Wildman–Crippen LogP) is 2.16. The second-order valence-corrected chi connectivity index (χ2v) is 5.86. The van der Waals surface area contributed by atoms with Gasteiger partial charge in [-0.25, -0.2) is 0 Å². The molecule has 0 spiro atoms. The first-order valence-corrected chi connectivity index (χ1v) is 7.59. The SMILES string of the molecule is CC(C)Cc1ccc(CCC(=O)O[C@@H](CN)CC(=O)O)cc1. The van der Waals surface area contributed by atoms with Gasteiger partial charge in [0.05, 0.1) is 6.42 Å². The van der Waals surface area contributed by atoms with E-state index in [1.807, 2.05) is 12.1 Å². The maximum absolute atomic E-state index is 11.7. The van der Waals surface area contributed by atoms with E-state index in [1.54, 1.807) is 0 Å². The van der Waals surface area contributed by atoms with Crippen LogP contribution in [-0.2, 0) is 27.2 Å². The lowest BCUT2D eigenvalue weighted by Crippen LogP contribution is -2.29. The molecule has 0 saturated heterocycles. The zero-order valence-corrected chi connectivity index (χ0v) is 13.2. The molecule has 5 heteroatoms. The van der Waals surface area contributed by atoms with Crippen molar-refractivity contribution in [2.75, 3.05) is 6.54 Å². The number of esters is 1. The van der Waals surface area contributed by atoms with E-state index in [9.17, 15) is 9.59 Å². The van der Waals surface area contributed by atoms with Crippen molar-refractivity contribution in [3.05, 3.63) is 35.4 Å². The van der Waals surface area contributed by atoms with Crippen LogP contribution in [0.5, 0.6) is 0 Å². The Labute approximate surface area is 131 Å². The molecule has 0 fully saturated rings. The zero-order valence-electron chi connectivity index (χ0n) is 13.2. The molecule has 22 heavy (non-hydrogen) atoms. The minimum Gasteiger partial charge on any atom is -0.481 e. The first kappa shape index (κ1) is 18.2. The fourth-order valence-corrected chi connectivity index (χ4v) is 2.17. The third-order valence-corrected chi connectivity index (χ3v) is 3.25.